The second-order valence-corrected chi connectivity index (χ2v) is 8.23. The van der Waals surface area contributed by atoms with Gasteiger partial charge in [0.05, 0.1) is 15.0 Å². The molecular formula is C13H18N4O3S. The molecule has 1 aromatic heterocycles. The molecule has 1 saturated carbocycles. The topological polar surface area (TPSA) is 104 Å². The van der Waals surface area contributed by atoms with Crippen molar-refractivity contribution in [2.75, 3.05) is 19.3 Å². The van der Waals surface area contributed by atoms with Crippen LogP contribution in [0.3, 0.4) is 0 Å². The lowest BCUT2D eigenvalue weighted by molar-refractivity contribution is 0.100. The minimum atomic E-state index is -2.66. The van der Waals surface area contributed by atoms with E-state index in [0.717, 1.165) is 25.8 Å². The van der Waals surface area contributed by atoms with Crippen LogP contribution in [0.15, 0.2) is 15.4 Å². The van der Waals surface area contributed by atoms with Gasteiger partial charge in [0.2, 0.25) is 0 Å². The number of amides is 1. The number of carbonyl (C=O) groups excluding carboxylic acids is 1. The molecule has 2 unspecified atom stereocenters. The Balaban J connectivity index is 1.88. The van der Waals surface area contributed by atoms with Crippen LogP contribution in [-0.2, 0) is 9.73 Å². The van der Waals surface area contributed by atoms with Gasteiger partial charge in [-0.25, -0.2) is 9.19 Å². The Kier molecular flexibility index (Phi) is 3.66. The Morgan fingerprint density at radius 3 is 2.76 bits per heavy atom. The van der Waals surface area contributed by atoms with Gasteiger partial charge in [0.25, 0.3) is 11.5 Å². The molecule has 2 aliphatic rings. The second kappa shape index (κ2) is 5.34. The number of hydrogen-bond donors (Lipinski definition) is 2. The summed E-state index contributed by atoms with van der Waals surface area (Å²) in [7, 11) is -2.66. The van der Waals surface area contributed by atoms with Crippen LogP contribution in [0, 0.1) is 0 Å². The predicted molar refractivity (Wildman–Crippen MR) is 78.9 cm³/mol. The molecule has 2 fully saturated rings. The minimum Gasteiger partial charge on any atom is -0.315 e. The van der Waals surface area contributed by atoms with Crippen molar-refractivity contribution in [3.8, 4) is 0 Å². The Labute approximate surface area is 122 Å². The Morgan fingerprint density at radius 1 is 1.43 bits per heavy atom. The van der Waals surface area contributed by atoms with Gasteiger partial charge in [-0.15, -0.1) is 0 Å². The standard InChI is InChI=1S/C13H18N4O3S/c1-21(20,9-4-5-14-6-9)17-13(19)10-7-15-11(8-2-3-8)16-12(10)18/h7-9,14H,2-6H2,1H3,(H,15,16,18). The summed E-state index contributed by atoms with van der Waals surface area (Å²) in [5.41, 5.74) is -0.639. The van der Waals surface area contributed by atoms with Crippen LogP contribution in [0.4, 0.5) is 0 Å². The average Bonchev–Trinajstić information content (AvgIpc) is 3.11. The van der Waals surface area contributed by atoms with Crippen molar-refractivity contribution < 1.29 is 9.00 Å². The lowest BCUT2D eigenvalue weighted by atomic mass is 10.3. The third-order valence-corrected chi connectivity index (χ3v) is 6.08. The van der Waals surface area contributed by atoms with Crippen molar-refractivity contribution in [1.82, 2.24) is 15.3 Å². The van der Waals surface area contributed by atoms with E-state index >= 15 is 0 Å². The molecule has 1 aromatic rings. The lowest BCUT2D eigenvalue weighted by Gasteiger charge is -2.10. The number of H-pyrrole nitrogens is 1. The summed E-state index contributed by atoms with van der Waals surface area (Å²) >= 11 is 0. The number of nitrogens with one attached hydrogen (secondary N) is 2. The molecule has 0 spiro atoms. The summed E-state index contributed by atoms with van der Waals surface area (Å²) in [6.45, 7) is 1.36. The molecular weight excluding hydrogens is 292 g/mol. The first kappa shape index (κ1) is 14.4. The highest BCUT2D eigenvalue weighted by Gasteiger charge is 2.28. The van der Waals surface area contributed by atoms with E-state index in [2.05, 4.69) is 19.6 Å². The van der Waals surface area contributed by atoms with Crippen molar-refractivity contribution in [2.24, 2.45) is 4.36 Å². The van der Waals surface area contributed by atoms with Crippen molar-refractivity contribution in [2.45, 2.75) is 30.4 Å². The summed E-state index contributed by atoms with van der Waals surface area (Å²) in [4.78, 5) is 30.8. The van der Waals surface area contributed by atoms with Crippen LogP contribution in [0.1, 0.15) is 41.4 Å². The van der Waals surface area contributed by atoms with E-state index in [4.69, 9.17) is 0 Å². The molecule has 1 amide bonds. The molecule has 8 heteroatoms. The fourth-order valence-electron chi connectivity index (χ4n) is 2.42. The quantitative estimate of drug-likeness (QED) is 0.832. The van der Waals surface area contributed by atoms with Crippen molar-refractivity contribution >= 4 is 15.6 Å². The lowest BCUT2D eigenvalue weighted by Crippen LogP contribution is -2.25. The number of aromatic amines is 1. The van der Waals surface area contributed by atoms with Gasteiger partial charge in [0.15, 0.2) is 0 Å². The zero-order valence-corrected chi connectivity index (χ0v) is 12.6. The zero-order valence-electron chi connectivity index (χ0n) is 11.8. The summed E-state index contributed by atoms with van der Waals surface area (Å²) in [6, 6.07) is 0. The highest BCUT2D eigenvalue weighted by atomic mass is 32.2. The van der Waals surface area contributed by atoms with Crippen molar-refractivity contribution in [3.63, 3.8) is 0 Å². The normalized spacial score (nSPS) is 24.5. The zero-order chi connectivity index (χ0) is 15.0. The predicted octanol–water partition coefficient (Wildman–Crippen LogP) is 0.247. The van der Waals surface area contributed by atoms with Gasteiger partial charge in [0.1, 0.15) is 11.4 Å². The van der Waals surface area contributed by atoms with E-state index in [1.54, 1.807) is 0 Å². The molecule has 1 aliphatic heterocycles. The third-order valence-electron chi connectivity index (χ3n) is 3.91. The summed E-state index contributed by atoms with van der Waals surface area (Å²) < 4.78 is 16.3. The van der Waals surface area contributed by atoms with Crippen molar-refractivity contribution in [1.29, 1.82) is 0 Å². The minimum absolute atomic E-state index is 0.139. The molecule has 3 rings (SSSR count). The SMILES string of the molecule is CS(=O)(=NC(=O)c1cnc(C2CC2)[nH]c1=O)C1CCNC1. The van der Waals surface area contributed by atoms with Crippen LogP contribution in [0.2, 0.25) is 0 Å². The maximum absolute atomic E-state index is 12.5. The van der Waals surface area contributed by atoms with Gasteiger partial charge in [-0.2, -0.15) is 4.36 Å². The van der Waals surface area contributed by atoms with Gasteiger partial charge in [-0.3, -0.25) is 9.59 Å². The van der Waals surface area contributed by atoms with E-state index in [0.29, 0.717) is 18.3 Å². The van der Waals surface area contributed by atoms with Crippen LogP contribution in [0.5, 0.6) is 0 Å². The van der Waals surface area contributed by atoms with E-state index < -0.39 is 21.2 Å². The molecule has 21 heavy (non-hydrogen) atoms. The van der Waals surface area contributed by atoms with E-state index in [9.17, 15) is 13.8 Å². The molecule has 0 bridgehead atoms. The first-order valence-corrected chi connectivity index (χ1v) is 9.01. The van der Waals surface area contributed by atoms with Crippen LogP contribution in [-0.4, -0.2) is 44.7 Å². The van der Waals surface area contributed by atoms with Crippen LogP contribution in [0.25, 0.3) is 0 Å². The summed E-state index contributed by atoms with van der Waals surface area (Å²) in [5, 5.41) is 2.95. The number of hydrogen-bond acceptors (Lipinski definition) is 5. The largest absolute Gasteiger partial charge is 0.315 e. The van der Waals surface area contributed by atoms with E-state index in [1.807, 2.05) is 0 Å². The monoisotopic (exact) mass is 310 g/mol. The fourth-order valence-corrected chi connectivity index (χ4v) is 3.97. The van der Waals surface area contributed by atoms with Gasteiger partial charge >= 0.3 is 0 Å². The first-order valence-electron chi connectivity index (χ1n) is 7.02. The molecule has 1 aliphatic carbocycles. The molecule has 0 radical (unpaired) electrons. The molecule has 1 saturated heterocycles. The fraction of sp³-hybridized carbons (Fsp3) is 0.615. The van der Waals surface area contributed by atoms with Gasteiger partial charge in [-0.1, -0.05) is 0 Å². The Bertz CT molecular complexity index is 738. The molecule has 0 aromatic carbocycles. The van der Waals surface area contributed by atoms with E-state index in [-0.39, 0.29) is 10.8 Å². The number of nitrogens with zero attached hydrogens (tertiary/aromatic N) is 2. The van der Waals surface area contributed by atoms with Gasteiger partial charge in [-0.05, 0) is 25.8 Å². The van der Waals surface area contributed by atoms with Gasteiger partial charge < -0.3 is 10.3 Å². The van der Waals surface area contributed by atoms with Gasteiger partial charge in [0, 0.05) is 24.9 Å². The molecule has 2 atom stereocenters. The Hall–Kier alpha value is -1.54. The first-order chi connectivity index (χ1) is 9.97. The maximum Gasteiger partial charge on any atom is 0.292 e. The highest BCUT2D eigenvalue weighted by Crippen LogP contribution is 2.37. The number of carbonyl (C=O) groups is 1. The highest BCUT2D eigenvalue weighted by molar-refractivity contribution is 7.93. The smallest absolute Gasteiger partial charge is 0.292 e. The molecule has 2 N–H and O–H groups in total. The molecule has 2 heterocycles. The van der Waals surface area contributed by atoms with Crippen LogP contribution < -0.4 is 10.9 Å². The summed E-state index contributed by atoms with van der Waals surface area (Å²) in [5.74, 6) is 0.179. The maximum atomic E-state index is 12.5. The number of aromatic nitrogens is 2. The Morgan fingerprint density at radius 2 is 2.19 bits per heavy atom. The summed E-state index contributed by atoms with van der Waals surface area (Å²) in [6.07, 6.45) is 5.47. The average molecular weight is 310 g/mol. The third kappa shape index (κ3) is 3.06. The second-order valence-electron chi connectivity index (χ2n) is 5.66. The van der Waals surface area contributed by atoms with Crippen molar-refractivity contribution in [3.05, 3.63) is 27.9 Å². The van der Waals surface area contributed by atoms with Crippen LogP contribution >= 0.6 is 0 Å². The van der Waals surface area contributed by atoms with E-state index in [1.165, 1.54) is 12.5 Å². The molecule has 114 valence electrons. The molecule has 7 nitrogen and oxygen atoms in total. The number of rotatable bonds is 3.